The lowest BCUT2D eigenvalue weighted by Crippen LogP contribution is -2.17. The van der Waals surface area contributed by atoms with Crippen molar-refractivity contribution in [2.75, 3.05) is 24.4 Å². The van der Waals surface area contributed by atoms with Gasteiger partial charge in [0.15, 0.2) is 0 Å². The quantitative estimate of drug-likeness (QED) is 0.855. The summed E-state index contributed by atoms with van der Waals surface area (Å²) in [7, 11) is 1.49. The molecule has 1 heterocycles. The van der Waals surface area contributed by atoms with Crippen molar-refractivity contribution in [3.63, 3.8) is 0 Å². The Labute approximate surface area is 124 Å². The van der Waals surface area contributed by atoms with E-state index < -0.39 is 0 Å². The number of benzene rings is 1. The van der Waals surface area contributed by atoms with Gasteiger partial charge in [0.2, 0.25) is 5.91 Å². The van der Waals surface area contributed by atoms with Gasteiger partial charge < -0.3 is 19.8 Å². The molecule has 1 aromatic heterocycles. The van der Waals surface area contributed by atoms with E-state index in [-0.39, 0.29) is 18.6 Å². The van der Waals surface area contributed by atoms with Crippen LogP contribution in [0.5, 0.6) is 0 Å². The first kappa shape index (κ1) is 15.1. The Morgan fingerprint density at radius 3 is 2.71 bits per heavy atom. The molecule has 0 aliphatic rings. The number of furan rings is 1. The number of anilines is 2. The van der Waals surface area contributed by atoms with Crippen LogP contribution in [0, 0.1) is 6.92 Å². The van der Waals surface area contributed by atoms with Gasteiger partial charge in [0.1, 0.15) is 18.1 Å². The molecule has 0 bridgehead atoms. The van der Waals surface area contributed by atoms with E-state index in [9.17, 15) is 4.79 Å². The van der Waals surface area contributed by atoms with Crippen LogP contribution in [0.1, 0.15) is 24.5 Å². The number of hydrogen-bond donors (Lipinski definition) is 2. The van der Waals surface area contributed by atoms with Crippen LogP contribution in [0.15, 0.2) is 40.8 Å². The highest BCUT2D eigenvalue weighted by Crippen LogP contribution is 2.23. The van der Waals surface area contributed by atoms with E-state index in [1.54, 1.807) is 0 Å². The summed E-state index contributed by atoms with van der Waals surface area (Å²) in [5.74, 6) is 1.59. The van der Waals surface area contributed by atoms with Crippen LogP contribution >= 0.6 is 0 Å². The molecule has 5 heteroatoms. The van der Waals surface area contributed by atoms with Gasteiger partial charge >= 0.3 is 0 Å². The first-order valence-electron chi connectivity index (χ1n) is 6.80. The zero-order valence-electron chi connectivity index (χ0n) is 12.5. The van der Waals surface area contributed by atoms with E-state index in [0.717, 1.165) is 22.9 Å². The smallest absolute Gasteiger partial charge is 0.250 e. The Morgan fingerprint density at radius 1 is 1.29 bits per heavy atom. The molecule has 1 amide bonds. The standard InChI is InChI=1S/C16H20N2O3/c1-11-7-8-15(21-11)12(2)17-13-5-4-6-14(9-13)18-16(19)10-20-3/h4-9,12,17H,10H2,1-3H3,(H,18,19). The second-order valence-corrected chi connectivity index (χ2v) is 4.88. The first-order chi connectivity index (χ1) is 10.1. The molecule has 2 N–H and O–H groups in total. The third-order valence-electron chi connectivity index (χ3n) is 2.99. The van der Waals surface area contributed by atoms with E-state index in [1.807, 2.05) is 50.2 Å². The van der Waals surface area contributed by atoms with Crippen LogP contribution in [-0.2, 0) is 9.53 Å². The second kappa shape index (κ2) is 6.95. The number of carbonyl (C=O) groups is 1. The SMILES string of the molecule is COCC(=O)Nc1cccc(NC(C)c2ccc(C)o2)c1. The van der Waals surface area contributed by atoms with E-state index in [4.69, 9.17) is 9.15 Å². The Kier molecular flexibility index (Phi) is 5.00. The fourth-order valence-corrected chi connectivity index (χ4v) is 2.02. The third-order valence-corrected chi connectivity index (χ3v) is 2.99. The zero-order valence-corrected chi connectivity index (χ0v) is 12.5. The number of hydrogen-bond acceptors (Lipinski definition) is 4. The molecule has 21 heavy (non-hydrogen) atoms. The van der Waals surface area contributed by atoms with Crippen molar-refractivity contribution in [3.05, 3.63) is 47.9 Å². The normalized spacial score (nSPS) is 12.0. The van der Waals surface area contributed by atoms with Crippen LogP contribution in [-0.4, -0.2) is 19.6 Å². The van der Waals surface area contributed by atoms with Gasteiger partial charge in [0.05, 0.1) is 6.04 Å². The summed E-state index contributed by atoms with van der Waals surface area (Å²) in [6.45, 7) is 3.98. The molecule has 0 fully saturated rings. The van der Waals surface area contributed by atoms with Crippen molar-refractivity contribution in [1.82, 2.24) is 0 Å². The highest BCUT2D eigenvalue weighted by Gasteiger charge is 2.09. The molecule has 0 aliphatic heterocycles. The van der Waals surface area contributed by atoms with Crippen LogP contribution < -0.4 is 10.6 Å². The van der Waals surface area contributed by atoms with Gasteiger partial charge in [-0.05, 0) is 44.2 Å². The Balaban J connectivity index is 2.02. The molecule has 1 atom stereocenters. The molecule has 2 aromatic rings. The number of carbonyl (C=O) groups excluding carboxylic acids is 1. The highest BCUT2D eigenvalue weighted by molar-refractivity contribution is 5.92. The molecule has 0 spiro atoms. The molecule has 0 aliphatic carbocycles. The second-order valence-electron chi connectivity index (χ2n) is 4.88. The van der Waals surface area contributed by atoms with Crippen molar-refractivity contribution in [3.8, 4) is 0 Å². The monoisotopic (exact) mass is 288 g/mol. The number of ether oxygens (including phenoxy) is 1. The largest absolute Gasteiger partial charge is 0.464 e. The summed E-state index contributed by atoms with van der Waals surface area (Å²) in [5.41, 5.74) is 1.64. The zero-order chi connectivity index (χ0) is 15.2. The summed E-state index contributed by atoms with van der Waals surface area (Å²) < 4.78 is 10.4. The molecule has 1 unspecified atom stereocenters. The maximum atomic E-state index is 11.5. The molecular formula is C16H20N2O3. The summed E-state index contributed by atoms with van der Waals surface area (Å²) >= 11 is 0. The Bertz CT molecular complexity index is 607. The Hall–Kier alpha value is -2.27. The van der Waals surface area contributed by atoms with Crippen molar-refractivity contribution in [2.24, 2.45) is 0 Å². The lowest BCUT2D eigenvalue weighted by atomic mass is 10.2. The van der Waals surface area contributed by atoms with Crippen molar-refractivity contribution < 1.29 is 13.9 Å². The first-order valence-corrected chi connectivity index (χ1v) is 6.80. The fourth-order valence-electron chi connectivity index (χ4n) is 2.02. The number of rotatable bonds is 6. The lowest BCUT2D eigenvalue weighted by molar-refractivity contribution is -0.119. The summed E-state index contributed by atoms with van der Waals surface area (Å²) in [6, 6.07) is 11.5. The molecule has 0 saturated carbocycles. The minimum absolute atomic E-state index is 0.0414. The van der Waals surface area contributed by atoms with Gasteiger partial charge in [0.25, 0.3) is 0 Å². The minimum atomic E-state index is -0.177. The highest BCUT2D eigenvalue weighted by atomic mass is 16.5. The van der Waals surface area contributed by atoms with Crippen molar-refractivity contribution >= 4 is 17.3 Å². The van der Waals surface area contributed by atoms with Crippen molar-refractivity contribution in [2.45, 2.75) is 19.9 Å². The van der Waals surface area contributed by atoms with E-state index >= 15 is 0 Å². The predicted molar refractivity (Wildman–Crippen MR) is 82.4 cm³/mol. The summed E-state index contributed by atoms with van der Waals surface area (Å²) in [6.07, 6.45) is 0. The van der Waals surface area contributed by atoms with E-state index in [1.165, 1.54) is 7.11 Å². The van der Waals surface area contributed by atoms with Gasteiger partial charge in [0, 0.05) is 18.5 Å². The Morgan fingerprint density at radius 2 is 2.05 bits per heavy atom. The molecule has 5 nitrogen and oxygen atoms in total. The third kappa shape index (κ3) is 4.36. The maximum absolute atomic E-state index is 11.5. The average molecular weight is 288 g/mol. The van der Waals surface area contributed by atoms with Gasteiger partial charge in [-0.25, -0.2) is 0 Å². The number of amides is 1. The van der Waals surface area contributed by atoms with Crippen LogP contribution in [0.25, 0.3) is 0 Å². The molecule has 1 aromatic carbocycles. The number of methoxy groups -OCH3 is 1. The molecule has 0 radical (unpaired) electrons. The summed E-state index contributed by atoms with van der Waals surface area (Å²) in [5, 5.41) is 6.11. The molecule has 0 saturated heterocycles. The molecular weight excluding hydrogens is 268 g/mol. The van der Waals surface area contributed by atoms with Crippen LogP contribution in [0.3, 0.4) is 0 Å². The van der Waals surface area contributed by atoms with Crippen LogP contribution in [0.4, 0.5) is 11.4 Å². The van der Waals surface area contributed by atoms with Gasteiger partial charge in [-0.1, -0.05) is 6.07 Å². The maximum Gasteiger partial charge on any atom is 0.250 e. The van der Waals surface area contributed by atoms with Gasteiger partial charge in [-0.3, -0.25) is 4.79 Å². The fraction of sp³-hybridized carbons (Fsp3) is 0.312. The van der Waals surface area contributed by atoms with Crippen molar-refractivity contribution in [1.29, 1.82) is 0 Å². The summed E-state index contributed by atoms with van der Waals surface area (Å²) in [4.78, 5) is 11.5. The van der Waals surface area contributed by atoms with Crippen LogP contribution in [0.2, 0.25) is 0 Å². The van der Waals surface area contributed by atoms with Gasteiger partial charge in [-0.2, -0.15) is 0 Å². The number of nitrogens with one attached hydrogen (secondary N) is 2. The van der Waals surface area contributed by atoms with E-state index in [2.05, 4.69) is 10.6 Å². The predicted octanol–water partition coefficient (Wildman–Crippen LogP) is 3.35. The molecule has 2 rings (SSSR count). The molecule has 112 valence electrons. The van der Waals surface area contributed by atoms with Gasteiger partial charge in [-0.15, -0.1) is 0 Å². The average Bonchev–Trinajstić information content (AvgIpc) is 2.86. The number of aryl methyl sites for hydroxylation is 1. The topological polar surface area (TPSA) is 63.5 Å². The van der Waals surface area contributed by atoms with E-state index in [0.29, 0.717) is 0 Å². The lowest BCUT2D eigenvalue weighted by Gasteiger charge is -2.14. The minimum Gasteiger partial charge on any atom is -0.464 e.